The highest BCUT2D eigenvalue weighted by Crippen LogP contribution is 2.22. The van der Waals surface area contributed by atoms with Gasteiger partial charge in [0.25, 0.3) is 5.56 Å². The molecule has 0 aliphatic rings. The number of para-hydroxylation sites is 1. The Hall–Kier alpha value is -2.18. The van der Waals surface area contributed by atoms with Crippen molar-refractivity contribution in [1.82, 2.24) is 14.5 Å². The summed E-state index contributed by atoms with van der Waals surface area (Å²) in [4.78, 5) is 20.5. The first-order valence-corrected chi connectivity index (χ1v) is 7.54. The minimum Gasteiger partial charge on any atom is -0.335 e. The number of halogens is 2. The molecule has 0 fully saturated rings. The predicted octanol–water partition coefficient (Wildman–Crippen LogP) is 3.79. The van der Waals surface area contributed by atoms with E-state index in [1.54, 1.807) is 22.9 Å². The Labute approximate surface area is 139 Å². The third kappa shape index (κ3) is 3.03. The smallest absolute Gasteiger partial charge is 0.278 e. The quantitative estimate of drug-likeness (QED) is 0.706. The van der Waals surface area contributed by atoms with E-state index in [0.29, 0.717) is 16.0 Å². The van der Waals surface area contributed by atoms with Crippen LogP contribution in [0.25, 0.3) is 5.69 Å². The standard InChI is InChI=1S/C15H10BrClN4O/c16-11-9-18-15(17)20-13(11)19-12-7-4-8-21(14(12)22)10-5-2-1-3-6-10/h1-9H,(H,18,19,20). The summed E-state index contributed by atoms with van der Waals surface area (Å²) in [6, 6.07) is 12.9. The molecule has 1 aromatic carbocycles. The zero-order valence-electron chi connectivity index (χ0n) is 11.2. The highest BCUT2D eigenvalue weighted by Gasteiger charge is 2.09. The van der Waals surface area contributed by atoms with Gasteiger partial charge in [-0.1, -0.05) is 18.2 Å². The zero-order chi connectivity index (χ0) is 15.5. The van der Waals surface area contributed by atoms with Crippen molar-refractivity contribution in [3.8, 4) is 5.69 Å². The number of hydrogen-bond acceptors (Lipinski definition) is 4. The summed E-state index contributed by atoms with van der Waals surface area (Å²) < 4.78 is 2.17. The van der Waals surface area contributed by atoms with Gasteiger partial charge in [-0.05, 0) is 51.8 Å². The Kier molecular flexibility index (Phi) is 4.22. The van der Waals surface area contributed by atoms with Crippen molar-refractivity contribution in [2.75, 3.05) is 5.32 Å². The lowest BCUT2D eigenvalue weighted by molar-refractivity contribution is 0.991. The molecule has 110 valence electrons. The number of rotatable bonds is 3. The van der Waals surface area contributed by atoms with Gasteiger partial charge in [-0.25, -0.2) is 4.98 Å². The van der Waals surface area contributed by atoms with Gasteiger partial charge >= 0.3 is 0 Å². The van der Waals surface area contributed by atoms with Crippen LogP contribution in [-0.4, -0.2) is 14.5 Å². The number of nitrogens with one attached hydrogen (secondary N) is 1. The van der Waals surface area contributed by atoms with Crippen molar-refractivity contribution in [2.45, 2.75) is 0 Å². The van der Waals surface area contributed by atoms with Crippen LogP contribution in [0, 0.1) is 0 Å². The van der Waals surface area contributed by atoms with Gasteiger partial charge < -0.3 is 5.32 Å². The summed E-state index contributed by atoms with van der Waals surface area (Å²) in [5.41, 5.74) is 0.994. The van der Waals surface area contributed by atoms with Gasteiger partial charge in [0.05, 0.1) is 4.47 Å². The number of benzene rings is 1. The van der Waals surface area contributed by atoms with E-state index in [9.17, 15) is 4.79 Å². The van der Waals surface area contributed by atoms with Crippen LogP contribution in [0.1, 0.15) is 0 Å². The molecule has 0 unspecified atom stereocenters. The van der Waals surface area contributed by atoms with Crippen LogP contribution in [0.15, 0.2) is 64.1 Å². The van der Waals surface area contributed by atoms with Gasteiger partial charge in [-0.2, -0.15) is 4.98 Å². The average Bonchev–Trinajstić information content (AvgIpc) is 2.54. The summed E-state index contributed by atoms with van der Waals surface area (Å²) in [6.45, 7) is 0. The first-order chi connectivity index (χ1) is 10.6. The van der Waals surface area contributed by atoms with Crippen molar-refractivity contribution in [2.24, 2.45) is 0 Å². The van der Waals surface area contributed by atoms with Gasteiger partial charge in [-0.15, -0.1) is 0 Å². The molecule has 0 aliphatic heterocycles. The Morgan fingerprint density at radius 3 is 2.68 bits per heavy atom. The third-order valence-electron chi connectivity index (χ3n) is 2.95. The number of anilines is 2. The summed E-state index contributed by atoms with van der Waals surface area (Å²) in [5, 5.41) is 3.08. The van der Waals surface area contributed by atoms with Crippen molar-refractivity contribution < 1.29 is 0 Å². The molecule has 0 bridgehead atoms. The molecule has 7 heteroatoms. The van der Waals surface area contributed by atoms with Gasteiger partial charge in [0.2, 0.25) is 5.28 Å². The topological polar surface area (TPSA) is 59.8 Å². The van der Waals surface area contributed by atoms with E-state index in [4.69, 9.17) is 11.6 Å². The molecule has 0 spiro atoms. The van der Waals surface area contributed by atoms with E-state index in [0.717, 1.165) is 5.69 Å². The number of aromatic nitrogens is 3. The molecule has 2 heterocycles. The lowest BCUT2D eigenvalue weighted by Gasteiger charge is -2.10. The van der Waals surface area contributed by atoms with Gasteiger partial charge in [0.1, 0.15) is 11.5 Å². The molecule has 0 saturated heterocycles. The van der Waals surface area contributed by atoms with E-state index < -0.39 is 0 Å². The van der Waals surface area contributed by atoms with E-state index in [1.807, 2.05) is 30.3 Å². The first-order valence-electron chi connectivity index (χ1n) is 6.37. The minimum atomic E-state index is -0.185. The van der Waals surface area contributed by atoms with E-state index in [1.165, 1.54) is 6.20 Å². The van der Waals surface area contributed by atoms with E-state index >= 15 is 0 Å². The molecular formula is C15H10BrClN4O. The van der Waals surface area contributed by atoms with Crippen LogP contribution in [0.5, 0.6) is 0 Å². The van der Waals surface area contributed by atoms with Crippen molar-refractivity contribution in [1.29, 1.82) is 0 Å². The second kappa shape index (κ2) is 6.29. The second-order valence-corrected chi connectivity index (χ2v) is 5.59. The summed E-state index contributed by atoms with van der Waals surface area (Å²) in [7, 11) is 0. The van der Waals surface area contributed by atoms with Crippen LogP contribution in [0.4, 0.5) is 11.5 Å². The fourth-order valence-electron chi connectivity index (χ4n) is 1.94. The summed E-state index contributed by atoms with van der Waals surface area (Å²) >= 11 is 9.10. The van der Waals surface area contributed by atoms with Crippen LogP contribution in [0.2, 0.25) is 5.28 Å². The number of nitrogens with zero attached hydrogens (tertiary/aromatic N) is 3. The van der Waals surface area contributed by atoms with Gasteiger partial charge in [0, 0.05) is 18.1 Å². The third-order valence-corrected chi connectivity index (χ3v) is 3.71. The van der Waals surface area contributed by atoms with Crippen molar-refractivity contribution >= 4 is 39.0 Å². The highest BCUT2D eigenvalue weighted by atomic mass is 79.9. The Balaban J connectivity index is 2.03. The molecule has 0 radical (unpaired) electrons. The lowest BCUT2D eigenvalue weighted by atomic mass is 10.3. The maximum atomic E-state index is 12.6. The molecule has 22 heavy (non-hydrogen) atoms. The molecule has 3 rings (SSSR count). The maximum Gasteiger partial charge on any atom is 0.278 e. The van der Waals surface area contributed by atoms with E-state index in [2.05, 4.69) is 31.2 Å². The fourth-order valence-corrected chi connectivity index (χ4v) is 2.37. The maximum absolute atomic E-state index is 12.6. The average molecular weight is 378 g/mol. The fraction of sp³-hybridized carbons (Fsp3) is 0. The van der Waals surface area contributed by atoms with Crippen LogP contribution in [-0.2, 0) is 0 Å². The second-order valence-electron chi connectivity index (χ2n) is 4.39. The Morgan fingerprint density at radius 2 is 1.91 bits per heavy atom. The number of hydrogen-bond donors (Lipinski definition) is 1. The first kappa shape index (κ1) is 14.7. The molecule has 1 N–H and O–H groups in total. The van der Waals surface area contributed by atoms with E-state index in [-0.39, 0.29) is 10.8 Å². The number of pyridine rings is 1. The molecule has 2 aromatic heterocycles. The van der Waals surface area contributed by atoms with Crippen molar-refractivity contribution in [3.05, 3.63) is 75.0 Å². The largest absolute Gasteiger partial charge is 0.335 e. The molecular weight excluding hydrogens is 368 g/mol. The Bertz CT molecular complexity index is 867. The Morgan fingerprint density at radius 1 is 1.14 bits per heavy atom. The van der Waals surface area contributed by atoms with Crippen LogP contribution < -0.4 is 10.9 Å². The SMILES string of the molecule is O=c1c(Nc2nc(Cl)ncc2Br)cccn1-c1ccccc1. The highest BCUT2D eigenvalue weighted by molar-refractivity contribution is 9.10. The van der Waals surface area contributed by atoms with Crippen LogP contribution >= 0.6 is 27.5 Å². The zero-order valence-corrected chi connectivity index (χ0v) is 13.5. The van der Waals surface area contributed by atoms with Gasteiger partial charge in [0.15, 0.2) is 0 Å². The van der Waals surface area contributed by atoms with Gasteiger partial charge in [-0.3, -0.25) is 9.36 Å². The minimum absolute atomic E-state index is 0.102. The predicted molar refractivity (Wildman–Crippen MR) is 90.1 cm³/mol. The molecule has 0 aliphatic carbocycles. The molecule has 0 atom stereocenters. The normalized spacial score (nSPS) is 10.5. The monoisotopic (exact) mass is 376 g/mol. The van der Waals surface area contributed by atoms with Crippen LogP contribution in [0.3, 0.4) is 0 Å². The molecule has 3 aromatic rings. The molecule has 5 nitrogen and oxygen atoms in total. The molecule has 0 saturated carbocycles. The van der Waals surface area contributed by atoms with Crippen molar-refractivity contribution in [3.63, 3.8) is 0 Å². The summed E-state index contributed by atoms with van der Waals surface area (Å²) in [6.07, 6.45) is 3.24. The molecule has 0 amide bonds. The lowest BCUT2D eigenvalue weighted by Crippen LogP contribution is -2.20. The summed E-state index contributed by atoms with van der Waals surface area (Å²) in [5.74, 6) is 0.433.